The molecule has 0 radical (unpaired) electrons. The van der Waals surface area contributed by atoms with Gasteiger partial charge in [-0.3, -0.25) is 4.99 Å². The van der Waals surface area contributed by atoms with Crippen LogP contribution in [0.2, 0.25) is 0 Å². The standard InChI is InChI=1S/C17H28FN3O2S.HI/c1-6-19-16(20-10-11-24(22,23)17(2,3)4)21(5)13-14-8-7-9-15(18)12-14;/h7-9,12H,6,10-11,13H2,1-5H3,(H,19,20);1H. The number of guanidine groups is 1. The predicted molar refractivity (Wildman–Crippen MR) is 113 cm³/mol. The lowest BCUT2D eigenvalue weighted by atomic mass is 10.2. The third-order valence-corrected chi connectivity index (χ3v) is 6.15. The summed E-state index contributed by atoms with van der Waals surface area (Å²) in [5, 5.41) is 3.13. The van der Waals surface area contributed by atoms with E-state index in [2.05, 4.69) is 10.3 Å². The number of hydrogen-bond donors (Lipinski definition) is 1. The van der Waals surface area contributed by atoms with Gasteiger partial charge in [-0.25, -0.2) is 12.8 Å². The Morgan fingerprint density at radius 1 is 1.32 bits per heavy atom. The Balaban J connectivity index is 0.00000576. The van der Waals surface area contributed by atoms with Crippen molar-refractivity contribution in [1.29, 1.82) is 0 Å². The molecule has 25 heavy (non-hydrogen) atoms. The Kier molecular flexibility index (Phi) is 9.93. The molecule has 0 aliphatic heterocycles. The molecule has 0 saturated carbocycles. The average molecular weight is 485 g/mol. The first kappa shape index (κ1) is 24.1. The van der Waals surface area contributed by atoms with Crippen molar-refractivity contribution in [3.05, 3.63) is 35.6 Å². The van der Waals surface area contributed by atoms with Crippen LogP contribution in [0, 0.1) is 5.82 Å². The average Bonchev–Trinajstić information content (AvgIpc) is 2.45. The van der Waals surface area contributed by atoms with E-state index in [0.717, 1.165) is 5.56 Å². The molecule has 0 heterocycles. The van der Waals surface area contributed by atoms with Crippen LogP contribution < -0.4 is 5.32 Å². The molecule has 0 saturated heterocycles. The molecule has 0 atom stereocenters. The van der Waals surface area contributed by atoms with E-state index in [1.807, 2.05) is 24.9 Å². The zero-order valence-corrected chi connectivity index (χ0v) is 18.7. The lowest BCUT2D eigenvalue weighted by Crippen LogP contribution is -2.39. The van der Waals surface area contributed by atoms with Crippen LogP contribution in [0.4, 0.5) is 4.39 Å². The van der Waals surface area contributed by atoms with Gasteiger partial charge in [0, 0.05) is 20.1 Å². The van der Waals surface area contributed by atoms with Crippen molar-refractivity contribution in [2.45, 2.75) is 39.0 Å². The van der Waals surface area contributed by atoms with Gasteiger partial charge in [-0.2, -0.15) is 0 Å². The molecule has 0 unspecified atom stereocenters. The Labute approximate surface area is 168 Å². The highest BCUT2D eigenvalue weighted by molar-refractivity contribution is 14.0. The molecule has 0 spiro atoms. The molecule has 1 rings (SSSR count). The van der Waals surface area contributed by atoms with E-state index in [1.165, 1.54) is 12.1 Å². The van der Waals surface area contributed by atoms with Gasteiger partial charge in [-0.15, -0.1) is 24.0 Å². The van der Waals surface area contributed by atoms with Gasteiger partial charge < -0.3 is 10.2 Å². The molecular weight excluding hydrogens is 456 g/mol. The van der Waals surface area contributed by atoms with Gasteiger partial charge in [-0.05, 0) is 45.4 Å². The summed E-state index contributed by atoms with van der Waals surface area (Å²) in [4.78, 5) is 6.24. The first-order valence-electron chi connectivity index (χ1n) is 8.03. The van der Waals surface area contributed by atoms with Crippen LogP contribution in [0.1, 0.15) is 33.3 Å². The highest BCUT2D eigenvalue weighted by Crippen LogP contribution is 2.15. The summed E-state index contributed by atoms with van der Waals surface area (Å²) in [6.45, 7) is 8.34. The topological polar surface area (TPSA) is 61.8 Å². The lowest BCUT2D eigenvalue weighted by molar-refractivity contribution is 0.475. The maximum atomic E-state index is 13.3. The van der Waals surface area contributed by atoms with E-state index in [9.17, 15) is 12.8 Å². The summed E-state index contributed by atoms with van der Waals surface area (Å²) in [5.41, 5.74) is 0.824. The molecule has 0 aromatic heterocycles. The van der Waals surface area contributed by atoms with Crippen LogP contribution >= 0.6 is 24.0 Å². The smallest absolute Gasteiger partial charge is 0.193 e. The zero-order valence-electron chi connectivity index (χ0n) is 15.5. The maximum Gasteiger partial charge on any atom is 0.193 e. The molecule has 144 valence electrons. The van der Waals surface area contributed by atoms with E-state index in [-0.39, 0.29) is 42.1 Å². The second-order valence-corrected chi connectivity index (χ2v) is 9.52. The highest BCUT2D eigenvalue weighted by atomic mass is 127. The Hall–Kier alpha value is -0.900. The van der Waals surface area contributed by atoms with Crippen LogP contribution in [-0.4, -0.2) is 49.9 Å². The second-order valence-electron chi connectivity index (χ2n) is 6.65. The molecular formula is C17H29FIN3O2S. The third kappa shape index (κ3) is 7.89. The summed E-state index contributed by atoms with van der Waals surface area (Å²) in [5.74, 6) is 0.323. The lowest BCUT2D eigenvalue weighted by Gasteiger charge is -2.23. The fourth-order valence-corrected chi connectivity index (χ4v) is 2.98. The number of nitrogens with one attached hydrogen (secondary N) is 1. The summed E-state index contributed by atoms with van der Waals surface area (Å²) in [6, 6.07) is 6.38. The van der Waals surface area contributed by atoms with E-state index in [1.54, 1.807) is 26.8 Å². The van der Waals surface area contributed by atoms with Crippen LogP contribution in [0.3, 0.4) is 0 Å². The van der Waals surface area contributed by atoms with E-state index in [4.69, 9.17) is 0 Å². The normalized spacial score (nSPS) is 12.5. The fraction of sp³-hybridized carbons (Fsp3) is 0.588. The van der Waals surface area contributed by atoms with Crippen LogP contribution in [0.25, 0.3) is 0 Å². The summed E-state index contributed by atoms with van der Waals surface area (Å²) >= 11 is 0. The summed E-state index contributed by atoms with van der Waals surface area (Å²) in [6.07, 6.45) is 0. The first-order chi connectivity index (χ1) is 11.1. The van der Waals surface area contributed by atoms with Crippen molar-refractivity contribution in [3.63, 3.8) is 0 Å². The van der Waals surface area contributed by atoms with Crippen molar-refractivity contribution < 1.29 is 12.8 Å². The molecule has 1 aromatic rings. The minimum atomic E-state index is -3.20. The van der Waals surface area contributed by atoms with Crippen molar-refractivity contribution in [2.24, 2.45) is 4.99 Å². The number of halogens is 2. The maximum absolute atomic E-state index is 13.3. The number of hydrogen-bond acceptors (Lipinski definition) is 3. The molecule has 0 aliphatic carbocycles. The van der Waals surface area contributed by atoms with Crippen LogP contribution in [0.15, 0.2) is 29.3 Å². The Bertz CT molecular complexity index is 673. The largest absolute Gasteiger partial charge is 0.357 e. The number of nitrogens with zero attached hydrogens (tertiary/aromatic N) is 2. The monoisotopic (exact) mass is 485 g/mol. The Morgan fingerprint density at radius 3 is 2.48 bits per heavy atom. The molecule has 0 fully saturated rings. The van der Waals surface area contributed by atoms with Gasteiger partial charge in [0.05, 0.1) is 17.0 Å². The third-order valence-electron chi connectivity index (χ3n) is 3.56. The van der Waals surface area contributed by atoms with E-state index >= 15 is 0 Å². The molecule has 0 amide bonds. The van der Waals surface area contributed by atoms with E-state index in [0.29, 0.717) is 19.0 Å². The number of benzene rings is 1. The minimum absolute atomic E-state index is 0. The van der Waals surface area contributed by atoms with Gasteiger partial charge in [0.2, 0.25) is 0 Å². The number of aliphatic imine (C=N–C) groups is 1. The van der Waals surface area contributed by atoms with Crippen molar-refractivity contribution in [1.82, 2.24) is 10.2 Å². The predicted octanol–water partition coefficient (Wildman–Crippen LogP) is 3.05. The molecule has 0 aliphatic rings. The quantitative estimate of drug-likeness (QED) is 0.382. The molecule has 1 N–H and O–H groups in total. The second kappa shape index (κ2) is 10.3. The van der Waals surface area contributed by atoms with Crippen LogP contribution in [-0.2, 0) is 16.4 Å². The highest BCUT2D eigenvalue weighted by Gasteiger charge is 2.28. The molecule has 0 bridgehead atoms. The minimum Gasteiger partial charge on any atom is -0.357 e. The van der Waals surface area contributed by atoms with Crippen molar-refractivity contribution in [3.8, 4) is 0 Å². The van der Waals surface area contributed by atoms with Crippen LogP contribution in [0.5, 0.6) is 0 Å². The Morgan fingerprint density at radius 2 is 1.96 bits per heavy atom. The van der Waals surface area contributed by atoms with Gasteiger partial charge >= 0.3 is 0 Å². The molecule has 8 heteroatoms. The first-order valence-corrected chi connectivity index (χ1v) is 9.68. The van der Waals surface area contributed by atoms with E-state index < -0.39 is 14.6 Å². The summed E-state index contributed by atoms with van der Waals surface area (Å²) < 4.78 is 36.8. The molecule has 1 aromatic carbocycles. The van der Waals surface area contributed by atoms with Gasteiger partial charge in [-0.1, -0.05) is 12.1 Å². The number of rotatable bonds is 6. The van der Waals surface area contributed by atoms with Gasteiger partial charge in [0.15, 0.2) is 15.8 Å². The SMILES string of the molecule is CCNC(=NCCS(=O)(=O)C(C)(C)C)N(C)Cc1cccc(F)c1.I. The molecule has 5 nitrogen and oxygen atoms in total. The van der Waals surface area contributed by atoms with Crippen molar-refractivity contribution in [2.75, 3.05) is 25.9 Å². The fourth-order valence-electron chi connectivity index (χ4n) is 2.03. The number of sulfone groups is 1. The zero-order chi connectivity index (χ0) is 18.4. The van der Waals surface area contributed by atoms with Gasteiger partial charge in [0.1, 0.15) is 5.82 Å². The van der Waals surface area contributed by atoms with Gasteiger partial charge in [0.25, 0.3) is 0 Å². The van der Waals surface area contributed by atoms with Crippen molar-refractivity contribution >= 4 is 39.8 Å². The summed E-state index contributed by atoms with van der Waals surface area (Å²) in [7, 11) is -1.36.